The smallest absolute Gasteiger partial charge is 0.138 e. The number of nitrogens with one attached hydrogen (secondary N) is 1. The molecule has 2 aromatic rings. The molecule has 0 aliphatic carbocycles. The summed E-state index contributed by atoms with van der Waals surface area (Å²) in [6, 6.07) is 8.16. The molecule has 94 valence electrons. The van der Waals surface area contributed by atoms with Crippen LogP contribution in [0.3, 0.4) is 0 Å². The van der Waals surface area contributed by atoms with Crippen molar-refractivity contribution in [2.24, 2.45) is 0 Å². The van der Waals surface area contributed by atoms with Crippen LogP contribution in [0, 0.1) is 6.92 Å². The van der Waals surface area contributed by atoms with Gasteiger partial charge in [0.1, 0.15) is 17.3 Å². The molecular formula is C14H16ClN3. The minimum Gasteiger partial charge on any atom is -0.340 e. The maximum absolute atomic E-state index is 6.12. The van der Waals surface area contributed by atoms with Crippen LogP contribution in [0.15, 0.2) is 30.6 Å². The lowest BCUT2D eigenvalue weighted by Gasteiger charge is -2.14. The van der Waals surface area contributed by atoms with Crippen LogP contribution in [0.2, 0.25) is 5.15 Å². The predicted octanol–water partition coefficient (Wildman–Crippen LogP) is 4.31. The number of rotatable bonds is 3. The Hall–Kier alpha value is -1.61. The van der Waals surface area contributed by atoms with Gasteiger partial charge in [-0.1, -0.05) is 43.1 Å². The van der Waals surface area contributed by atoms with Crippen molar-refractivity contribution in [2.45, 2.75) is 26.7 Å². The van der Waals surface area contributed by atoms with Crippen LogP contribution >= 0.6 is 11.6 Å². The highest BCUT2D eigenvalue weighted by Gasteiger charge is 2.13. The molecule has 0 aliphatic heterocycles. The fraction of sp³-hybridized carbons (Fsp3) is 0.286. The second-order valence-electron chi connectivity index (χ2n) is 4.57. The summed E-state index contributed by atoms with van der Waals surface area (Å²) in [5, 5.41) is 3.80. The highest BCUT2D eigenvalue weighted by atomic mass is 35.5. The maximum Gasteiger partial charge on any atom is 0.138 e. The predicted molar refractivity (Wildman–Crippen MR) is 75.6 cm³/mol. The summed E-state index contributed by atoms with van der Waals surface area (Å²) in [7, 11) is 0. The van der Waals surface area contributed by atoms with Gasteiger partial charge in [-0.25, -0.2) is 9.97 Å². The van der Waals surface area contributed by atoms with Crippen molar-refractivity contribution in [2.75, 3.05) is 5.32 Å². The Morgan fingerprint density at radius 1 is 1.11 bits per heavy atom. The van der Waals surface area contributed by atoms with Gasteiger partial charge in [0.25, 0.3) is 0 Å². The summed E-state index contributed by atoms with van der Waals surface area (Å²) in [4.78, 5) is 8.30. The Morgan fingerprint density at radius 3 is 2.39 bits per heavy atom. The molecule has 0 saturated heterocycles. The van der Waals surface area contributed by atoms with E-state index in [-0.39, 0.29) is 5.92 Å². The van der Waals surface area contributed by atoms with Crippen LogP contribution in [-0.2, 0) is 0 Å². The minimum absolute atomic E-state index is 0.270. The molecule has 0 amide bonds. The van der Waals surface area contributed by atoms with E-state index in [4.69, 9.17) is 11.6 Å². The van der Waals surface area contributed by atoms with E-state index >= 15 is 0 Å². The first-order chi connectivity index (χ1) is 8.58. The van der Waals surface area contributed by atoms with Crippen molar-refractivity contribution in [1.82, 2.24) is 9.97 Å². The molecule has 1 N–H and O–H groups in total. The first kappa shape index (κ1) is 12.8. The van der Waals surface area contributed by atoms with Crippen LogP contribution in [0.5, 0.6) is 0 Å². The molecule has 0 fully saturated rings. The molecule has 0 saturated carbocycles. The van der Waals surface area contributed by atoms with Crippen molar-refractivity contribution in [3.63, 3.8) is 0 Å². The Morgan fingerprint density at radius 2 is 1.78 bits per heavy atom. The molecule has 2 rings (SSSR count). The third-order valence-corrected chi connectivity index (χ3v) is 3.03. The van der Waals surface area contributed by atoms with Crippen molar-refractivity contribution in [1.29, 1.82) is 0 Å². The highest BCUT2D eigenvalue weighted by Crippen LogP contribution is 2.29. The van der Waals surface area contributed by atoms with E-state index in [1.165, 1.54) is 11.9 Å². The number of halogens is 1. The van der Waals surface area contributed by atoms with E-state index in [0.717, 1.165) is 17.1 Å². The molecule has 0 radical (unpaired) electrons. The van der Waals surface area contributed by atoms with Crippen LogP contribution in [0.1, 0.15) is 30.9 Å². The average Bonchev–Trinajstić information content (AvgIpc) is 2.32. The van der Waals surface area contributed by atoms with Crippen molar-refractivity contribution in [3.8, 4) is 0 Å². The molecule has 0 aliphatic rings. The third kappa shape index (κ3) is 2.79. The summed E-state index contributed by atoms with van der Waals surface area (Å²) >= 11 is 6.12. The summed E-state index contributed by atoms with van der Waals surface area (Å²) in [5.41, 5.74) is 3.17. The van der Waals surface area contributed by atoms with Gasteiger partial charge in [0.05, 0.1) is 0 Å². The van der Waals surface area contributed by atoms with E-state index < -0.39 is 0 Å². The van der Waals surface area contributed by atoms with E-state index in [9.17, 15) is 0 Å². The molecule has 1 aromatic heterocycles. The van der Waals surface area contributed by atoms with Crippen LogP contribution in [-0.4, -0.2) is 9.97 Å². The normalized spacial score (nSPS) is 10.7. The molecule has 18 heavy (non-hydrogen) atoms. The number of nitrogens with zero attached hydrogens (tertiary/aromatic N) is 2. The quantitative estimate of drug-likeness (QED) is 0.837. The molecular weight excluding hydrogens is 246 g/mol. The molecule has 0 atom stereocenters. The topological polar surface area (TPSA) is 37.8 Å². The van der Waals surface area contributed by atoms with Gasteiger partial charge in [-0.05, 0) is 25.0 Å². The zero-order chi connectivity index (χ0) is 13.1. The summed E-state index contributed by atoms with van der Waals surface area (Å²) in [5.74, 6) is 1.04. The molecule has 3 nitrogen and oxygen atoms in total. The SMILES string of the molecule is Cc1ccc(Nc2ncnc(Cl)c2C(C)C)cc1. The van der Waals surface area contributed by atoms with Crippen molar-refractivity contribution < 1.29 is 0 Å². The Balaban J connectivity index is 2.34. The zero-order valence-electron chi connectivity index (χ0n) is 10.7. The summed E-state index contributed by atoms with van der Waals surface area (Å²) in [6.07, 6.45) is 1.48. The first-order valence-electron chi connectivity index (χ1n) is 5.92. The van der Waals surface area contributed by atoms with E-state index in [1.54, 1.807) is 0 Å². The number of aryl methyl sites for hydroxylation is 1. The maximum atomic E-state index is 6.12. The monoisotopic (exact) mass is 261 g/mol. The molecule has 0 unspecified atom stereocenters. The standard InChI is InChI=1S/C14H16ClN3/c1-9(2)12-13(15)16-8-17-14(12)18-11-6-4-10(3)5-7-11/h4-9H,1-3H3,(H,16,17,18). The number of benzene rings is 1. The molecule has 0 bridgehead atoms. The third-order valence-electron chi connectivity index (χ3n) is 2.73. The number of hydrogen-bond acceptors (Lipinski definition) is 3. The van der Waals surface area contributed by atoms with Gasteiger partial charge >= 0.3 is 0 Å². The Labute approximate surface area is 112 Å². The highest BCUT2D eigenvalue weighted by molar-refractivity contribution is 6.30. The molecule has 1 aromatic carbocycles. The first-order valence-corrected chi connectivity index (χ1v) is 6.30. The fourth-order valence-corrected chi connectivity index (χ4v) is 2.11. The largest absolute Gasteiger partial charge is 0.340 e. The van der Waals surface area contributed by atoms with E-state index in [2.05, 4.69) is 48.2 Å². The van der Waals surface area contributed by atoms with Gasteiger partial charge in [-0.3, -0.25) is 0 Å². The lowest BCUT2D eigenvalue weighted by Crippen LogP contribution is -2.02. The van der Waals surface area contributed by atoms with Crippen molar-refractivity contribution >= 4 is 23.1 Å². The molecule has 0 spiro atoms. The number of anilines is 2. The zero-order valence-corrected chi connectivity index (χ0v) is 11.5. The van der Waals surface area contributed by atoms with Gasteiger partial charge in [0, 0.05) is 11.3 Å². The van der Waals surface area contributed by atoms with Gasteiger partial charge in [-0.2, -0.15) is 0 Å². The Kier molecular flexibility index (Phi) is 3.82. The second-order valence-corrected chi connectivity index (χ2v) is 4.93. The van der Waals surface area contributed by atoms with Gasteiger partial charge in [0.15, 0.2) is 0 Å². The van der Waals surface area contributed by atoms with E-state index in [1.807, 2.05) is 12.1 Å². The van der Waals surface area contributed by atoms with Crippen molar-refractivity contribution in [3.05, 3.63) is 46.9 Å². The molecule has 4 heteroatoms. The number of aromatic nitrogens is 2. The molecule has 1 heterocycles. The van der Waals surface area contributed by atoms with Gasteiger partial charge in [0.2, 0.25) is 0 Å². The average molecular weight is 262 g/mol. The van der Waals surface area contributed by atoms with Crippen LogP contribution in [0.4, 0.5) is 11.5 Å². The lowest BCUT2D eigenvalue weighted by molar-refractivity contribution is 0.850. The van der Waals surface area contributed by atoms with Crippen LogP contribution < -0.4 is 5.32 Å². The second kappa shape index (κ2) is 5.36. The lowest BCUT2D eigenvalue weighted by atomic mass is 10.1. The van der Waals surface area contributed by atoms with Gasteiger partial charge in [-0.15, -0.1) is 0 Å². The summed E-state index contributed by atoms with van der Waals surface area (Å²) < 4.78 is 0. The van der Waals surface area contributed by atoms with Gasteiger partial charge < -0.3 is 5.32 Å². The minimum atomic E-state index is 0.270. The van der Waals surface area contributed by atoms with E-state index in [0.29, 0.717) is 5.15 Å². The Bertz CT molecular complexity index is 535. The fourth-order valence-electron chi connectivity index (χ4n) is 1.76. The summed E-state index contributed by atoms with van der Waals surface area (Å²) in [6.45, 7) is 6.21. The number of hydrogen-bond donors (Lipinski definition) is 1. The van der Waals surface area contributed by atoms with Crippen LogP contribution in [0.25, 0.3) is 0 Å².